The van der Waals surface area contributed by atoms with Crippen molar-refractivity contribution in [3.8, 4) is 0 Å². The SMILES string of the molecule is CC(C)CC(=O)C[C@]1(C)OC(=O)[C@]23CC=C4[C@@H](CC[C@H]5C(C)(C)[C@@H](O)CC[C@]45C)[C@]2(C)CC(=O)[C@@H]31. The number of aliphatic hydroxyl groups is 1. The Morgan fingerprint density at radius 3 is 2.46 bits per heavy atom. The largest absolute Gasteiger partial charge is 0.458 e. The van der Waals surface area contributed by atoms with Gasteiger partial charge >= 0.3 is 5.97 Å². The lowest BCUT2D eigenvalue weighted by atomic mass is 9.41. The van der Waals surface area contributed by atoms with E-state index in [1.165, 1.54) is 5.57 Å². The van der Waals surface area contributed by atoms with Crippen LogP contribution in [0.2, 0.25) is 0 Å². The summed E-state index contributed by atoms with van der Waals surface area (Å²) in [7, 11) is 0. The van der Waals surface area contributed by atoms with Crippen molar-refractivity contribution in [2.24, 2.45) is 45.3 Å². The number of allylic oxidation sites excluding steroid dienone is 2. The molecule has 1 saturated heterocycles. The number of carbonyl (C=O) groups excluding carboxylic acids is 3. The molecule has 3 saturated carbocycles. The van der Waals surface area contributed by atoms with Crippen LogP contribution < -0.4 is 0 Å². The first-order valence-electron chi connectivity index (χ1n) is 13.8. The van der Waals surface area contributed by atoms with Crippen molar-refractivity contribution in [2.75, 3.05) is 0 Å². The van der Waals surface area contributed by atoms with Crippen molar-refractivity contribution in [1.29, 1.82) is 0 Å². The summed E-state index contributed by atoms with van der Waals surface area (Å²) < 4.78 is 6.08. The molecule has 5 nitrogen and oxygen atoms in total. The van der Waals surface area contributed by atoms with Gasteiger partial charge in [-0.05, 0) is 73.0 Å². The van der Waals surface area contributed by atoms with E-state index in [1.54, 1.807) is 0 Å². The number of fused-ring (bicyclic) bond motifs is 4. The highest BCUT2D eigenvalue weighted by molar-refractivity contribution is 6.00. The number of rotatable bonds is 4. The predicted molar refractivity (Wildman–Crippen MR) is 133 cm³/mol. The van der Waals surface area contributed by atoms with Crippen molar-refractivity contribution < 1.29 is 24.2 Å². The van der Waals surface area contributed by atoms with Gasteiger partial charge in [-0.3, -0.25) is 14.4 Å². The van der Waals surface area contributed by atoms with Crippen LogP contribution in [0.4, 0.5) is 0 Å². The molecule has 4 aliphatic carbocycles. The Morgan fingerprint density at radius 1 is 1.11 bits per heavy atom. The van der Waals surface area contributed by atoms with Crippen LogP contribution in [0, 0.1) is 45.3 Å². The summed E-state index contributed by atoms with van der Waals surface area (Å²) in [6.45, 7) is 14.8. The lowest BCUT2D eigenvalue weighted by molar-refractivity contribution is -0.163. The fraction of sp³-hybridized carbons (Fsp3) is 0.833. The molecule has 0 aromatic heterocycles. The number of carbonyl (C=O) groups is 3. The number of ether oxygens (including phenoxy) is 1. The van der Waals surface area contributed by atoms with Crippen molar-refractivity contribution in [3.05, 3.63) is 11.6 Å². The second kappa shape index (κ2) is 7.52. The number of aliphatic hydroxyl groups excluding tert-OH is 1. The molecule has 0 aromatic rings. The molecule has 5 aliphatic rings. The minimum Gasteiger partial charge on any atom is -0.458 e. The molecule has 1 aliphatic heterocycles. The molecule has 0 unspecified atom stereocenters. The van der Waals surface area contributed by atoms with Gasteiger partial charge in [0.15, 0.2) is 0 Å². The van der Waals surface area contributed by atoms with Crippen molar-refractivity contribution in [2.45, 2.75) is 112 Å². The Hall–Kier alpha value is -1.49. The van der Waals surface area contributed by atoms with E-state index in [-0.39, 0.29) is 52.7 Å². The Labute approximate surface area is 210 Å². The second-order valence-corrected chi connectivity index (χ2v) is 14.3. The number of cyclic esters (lactones) is 1. The smallest absolute Gasteiger partial charge is 0.314 e. The summed E-state index contributed by atoms with van der Waals surface area (Å²) in [5.41, 5.74) is -1.21. The van der Waals surface area contributed by atoms with Gasteiger partial charge in [-0.1, -0.05) is 53.2 Å². The number of ketones is 2. The number of hydrogen-bond acceptors (Lipinski definition) is 5. The number of hydrogen-bond donors (Lipinski definition) is 1. The van der Waals surface area contributed by atoms with Gasteiger partial charge in [0.25, 0.3) is 0 Å². The summed E-state index contributed by atoms with van der Waals surface area (Å²) in [6, 6.07) is 0. The Kier molecular flexibility index (Phi) is 5.41. The van der Waals surface area contributed by atoms with Crippen molar-refractivity contribution >= 4 is 17.5 Å². The molecule has 0 radical (unpaired) electrons. The van der Waals surface area contributed by atoms with Crippen LogP contribution in [0.25, 0.3) is 0 Å². The first kappa shape index (κ1) is 25.2. The highest BCUT2D eigenvalue weighted by Gasteiger charge is 2.79. The van der Waals surface area contributed by atoms with Crippen LogP contribution in [0.15, 0.2) is 11.6 Å². The highest BCUT2D eigenvalue weighted by atomic mass is 16.6. The fourth-order valence-corrected chi connectivity index (χ4v) is 9.99. The van der Waals surface area contributed by atoms with E-state index >= 15 is 0 Å². The lowest BCUT2D eigenvalue weighted by Crippen LogP contribution is -2.58. The van der Waals surface area contributed by atoms with E-state index in [9.17, 15) is 19.5 Å². The quantitative estimate of drug-likeness (QED) is 0.425. The van der Waals surface area contributed by atoms with Crippen LogP contribution >= 0.6 is 0 Å². The molecular weight excluding hydrogens is 440 g/mol. The Bertz CT molecular complexity index is 1010. The zero-order valence-electron chi connectivity index (χ0n) is 22.7. The molecular formula is C30H44O5. The van der Waals surface area contributed by atoms with Gasteiger partial charge in [0.1, 0.15) is 17.2 Å². The van der Waals surface area contributed by atoms with Crippen LogP contribution in [0.1, 0.15) is 99.8 Å². The molecule has 4 fully saturated rings. The maximum atomic E-state index is 13.8. The minimum absolute atomic E-state index is 0.0313. The third-order valence-corrected chi connectivity index (χ3v) is 11.5. The third kappa shape index (κ3) is 3.06. The molecule has 1 heterocycles. The van der Waals surface area contributed by atoms with Gasteiger partial charge in [0.05, 0.1) is 17.4 Å². The molecule has 1 N–H and O–H groups in total. The van der Waals surface area contributed by atoms with Crippen LogP contribution in [0.3, 0.4) is 0 Å². The van der Waals surface area contributed by atoms with Gasteiger partial charge in [-0.15, -0.1) is 0 Å². The highest BCUT2D eigenvalue weighted by Crippen LogP contribution is 2.75. The first-order valence-corrected chi connectivity index (χ1v) is 13.8. The monoisotopic (exact) mass is 484 g/mol. The Morgan fingerprint density at radius 2 is 1.80 bits per heavy atom. The molecule has 1 spiro atoms. The maximum Gasteiger partial charge on any atom is 0.314 e. The predicted octanol–water partition coefficient (Wildman–Crippen LogP) is 5.43. The molecule has 0 bridgehead atoms. The summed E-state index contributed by atoms with van der Waals surface area (Å²) in [4.78, 5) is 40.4. The normalized spacial score (nSPS) is 48.0. The second-order valence-electron chi connectivity index (χ2n) is 14.3. The topological polar surface area (TPSA) is 80.7 Å². The summed E-state index contributed by atoms with van der Waals surface area (Å²) in [6.07, 6.45) is 7.10. The zero-order chi connectivity index (χ0) is 25.8. The van der Waals surface area contributed by atoms with E-state index in [0.717, 1.165) is 25.7 Å². The van der Waals surface area contributed by atoms with Crippen molar-refractivity contribution in [1.82, 2.24) is 0 Å². The van der Waals surface area contributed by atoms with E-state index in [0.29, 0.717) is 25.2 Å². The molecule has 194 valence electrons. The molecule has 0 amide bonds. The molecule has 5 heteroatoms. The van der Waals surface area contributed by atoms with Gasteiger partial charge in [-0.2, -0.15) is 0 Å². The first-order chi connectivity index (χ1) is 16.1. The maximum absolute atomic E-state index is 13.8. The molecule has 8 atom stereocenters. The van der Waals surface area contributed by atoms with E-state index in [2.05, 4.69) is 33.8 Å². The zero-order valence-corrected chi connectivity index (χ0v) is 22.7. The van der Waals surface area contributed by atoms with Gasteiger partial charge in [0, 0.05) is 19.3 Å². The summed E-state index contributed by atoms with van der Waals surface area (Å²) in [5, 5.41) is 10.8. The van der Waals surface area contributed by atoms with E-state index in [1.807, 2.05) is 20.8 Å². The number of Topliss-reactive ketones (excluding diaryl/α,β-unsaturated/α-hetero) is 2. The average molecular weight is 485 g/mol. The van der Waals surface area contributed by atoms with Crippen LogP contribution in [0.5, 0.6) is 0 Å². The number of esters is 1. The summed E-state index contributed by atoms with van der Waals surface area (Å²) >= 11 is 0. The molecule has 35 heavy (non-hydrogen) atoms. The van der Waals surface area contributed by atoms with Gasteiger partial charge in [0.2, 0.25) is 0 Å². The van der Waals surface area contributed by atoms with Crippen LogP contribution in [-0.4, -0.2) is 34.3 Å². The average Bonchev–Trinajstić information content (AvgIpc) is 3.11. The van der Waals surface area contributed by atoms with Gasteiger partial charge < -0.3 is 9.84 Å². The molecule has 0 aromatic carbocycles. The summed E-state index contributed by atoms with van der Waals surface area (Å²) in [5.74, 6) is 0.0987. The van der Waals surface area contributed by atoms with Crippen LogP contribution in [-0.2, 0) is 19.1 Å². The Balaban J connectivity index is 1.56. The third-order valence-electron chi connectivity index (χ3n) is 11.5. The fourth-order valence-electron chi connectivity index (χ4n) is 9.99. The van der Waals surface area contributed by atoms with Crippen molar-refractivity contribution in [3.63, 3.8) is 0 Å². The van der Waals surface area contributed by atoms with E-state index < -0.39 is 22.3 Å². The molecule has 5 rings (SSSR count). The standard InChI is InChI=1S/C30H44O5/c1-17(2)14-18(31)15-29(7)24-21(32)16-28(6)20-8-9-22-26(3,4)23(33)11-12-27(22,5)19(20)10-13-30(24,28)25(34)35-29/h10,17,20,22-24,33H,8-9,11-16H2,1-7H3/t20-,22+,23+,24-,27-,28+,29+,30-/m1/s1. The lowest BCUT2D eigenvalue weighted by Gasteiger charge is -2.63. The van der Waals surface area contributed by atoms with Gasteiger partial charge in [-0.25, -0.2) is 0 Å². The minimum atomic E-state index is -1.05. The van der Waals surface area contributed by atoms with E-state index in [4.69, 9.17) is 4.74 Å².